The Morgan fingerprint density at radius 1 is 1.08 bits per heavy atom. The molecule has 2 aromatic carbocycles. The molecule has 1 aliphatic carbocycles. The van der Waals surface area contributed by atoms with E-state index in [1.807, 2.05) is 18.2 Å². The smallest absolute Gasteiger partial charge is 0.252 e. The quantitative estimate of drug-likeness (QED) is 0.924. The lowest BCUT2D eigenvalue weighted by Crippen LogP contribution is -2.43. The summed E-state index contributed by atoms with van der Waals surface area (Å²) >= 11 is 0. The van der Waals surface area contributed by atoms with Crippen LogP contribution in [0.15, 0.2) is 42.5 Å². The number of carbonyl (C=O) groups is 1. The topological polar surface area (TPSA) is 56.8 Å². The van der Waals surface area contributed by atoms with E-state index in [4.69, 9.17) is 14.2 Å². The fourth-order valence-electron chi connectivity index (χ4n) is 3.71. The number of carbonyl (C=O) groups excluding carboxylic acids is 1. The number of hydrogen-bond acceptors (Lipinski definition) is 4. The highest BCUT2D eigenvalue weighted by Gasteiger charge is 2.37. The van der Waals surface area contributed by atoms with E-state index in [1.165, 1.54) is 0 Å². The van der Waals surface area contributed by atoms with E-state index < -0.39 is 0 Å². The molecule has 2 aliphatic rings. The first-order valence-electron chi connectivity index (χ1n) is 8.57. The van der Waals surface area contributed by atoms with E-state index in [1.54, 1.807) is 25.3 Å². The van der Waals surface area contributed by atoms with Crippen molar-refractivity contribution in [1.82, 2.24) is 5.32 Å². The zero-order valence-corrected chi connectivity index (χ0v) is 14.2. The molecule has 130 valence electrons. The summed E-state index contributed by atoms with van der Waals surface area (Å²) in [5.41, 5.74) is 1.33. The van der Waals surface area contributed by atoms with Crippen LogP contribution < -0.4 is 19.5 Å². The fourth-order valence-corrected chi connectivity index (χ4v) is 3.71. The molecule has 0 atom stereocenters. The van der Waals surface area contributed by atoms with Crippen molar-refractivity contribution in [2.45, 2.75) is 31.2 Å². The summed E-state index contributed by atoms with van der Waals surface area (Å²) in [5, 5.41) is 3.28. The fraction of sp³-hybridized carbons (Fsp3) is 0.350. The summed E-state index contributed by atoms with van der Waals surface area (Å²) in [4.78, 5) is 12.9. The monoisotopic (exact) mass is 339 g/mol. The van der Waals surface area contributed by atoms with Crippen molar-refractivity contribution >= 4 is 5.91 Å². The average Bonchev–Trinajstić information content (AvgIpc) is 3.31. The molecule has 4 rings (SSSR count). The van der Waals surface area contributed by atoms with Crippen molar-refractivity contribution in [3.8, 4) is 17.2 Å². The van der Waals surface area contributed by atoms with Crippen molar-refractivity contribution in [2.24, 2.45) is 0 Å². The Kier molecular flexibility index (Phi) is 3.99. The molecule has 25 heavy (non-hydrogen) atoms. The van der Waals surface area contributed by atoms with Gasteiger partial charge in [-0.1, -0.05) is 25.0 Å². The van der Waals surface area contributed by atoms with Gasteiger partial charge in [-0.3, -0.25) is 4.79 Å². The van der Waals surface area contributed by atoms with Crippen LogP contribution in [0.2, 0.25) is 0 Å². The van der Waals surface area contributed by atoms with Crippen LogP contribution in [-0.2, 0) is 5.54 Å². The molecule has 1 saturated carbocycles. The van der Waals surface area contributed by atoms with Gasteiger partial charge in [0.2, 0.25) is 6.79 Å². The molecule has 0 aromatic heterocycles. The first-order valence-corrected chi connectivity index (χ1v) is 8.57. The third-order valence-electron chi connectivity index (χ3n) is 5.07. The Bertz CT molecular complexity index is 796. The summed E-state index contributed by atoms with van der Waals surface area (Å²) in [6.45, 7) is 0.203. The molecule has 5 heteroatoms. The van der Waals surface area contributed by atoms with Crippen LogP contribution >= 0.6 is 0 Å². The van der Waals surface area contributed by atoms with Crippen LogP contribution in [-0.4, -0.2) is 19.8 Å². The minimum atomic E-state index is -0.345. The largest absolute Gasteiger partial charge is 0.497 e. The van der Waals surface area contributed by atoms with Gasteiger partial charge in [-0.05, 0) is 48.7 Å². The van der Waals surface area contributed by atoms with E-state index in [9.17, 15) is 4.79 Å². The van der Waals surface area contributed by atoms with Gasteiger partial charge in [-0.15, -0.1) is 0 Å². The number of methoxy groups -OCH3 is 1. The lowest BCUT2D eigenvalue weighted by Gasteiger charge is -2.31. The van der Waals surface area contributed by atoms with Gasteiger partial charge in [0, 0.05) is 5.56 Å². The average molecular weight is 339 g/mol. The zero-order chi connectivity index (χ0) is 17.3. The predicted molar refractivity (Wildman–Crippen MR) is 93.2 cm³/mol. The maximum absolute atomic E-state index is 12.9. The summed E-state index contributed by atoms with van der Waals surface area (Å²) in [5.74, 6) is 2.01. The number of nitrogens with one attached hydrogen (secondary N) is 1. The van der Waals surface area contributed by atoms with Gasteiger partial charge in [-0.25, -0.2) is 0 Å². The normalized spacial score (nSPS) is 17.3. The lowest BCUT2D eigenvalue weighted by molar-refractivity contribution is 0.0897. The molecule has 1 aliphatic heterocycles. The van der Waals surface area contributed by atoms with Gasteiger partial charge in [-0.2, -0.15) is 0 Å². The molecular formula is C20H21NO4. The van der Waals surface area contributed by atoms with Crippen molar-refractivity contribution < 1.29 is 19.0 Å². The minimum Gasteiger partial charge on any atom is -0.497 e. The number of hydrogen-bond donors (Lipinski definition) is 1. The molecule has 1 N–H and O–H groups in total. The van der Waals surface area contributed by atoms with Crippen molar-refractivity contribution in [2.75, 3.05) is 13.9 Å². The van der Waals surface area contributed by atoms with E-state index >= 15 is 0 Å². The van der Waals surface area contributed by atoms with Crippen LogP contribution in [0.4, 0.5) is 0 Å². The minimum absolute atomic E-state index is 0.0944. The van der Waals surface area contributed by atoms with Crippen molar-refractivity contribution in [1.29, 1.82) is 0 Å². The Balaban J connectivity index is 1.62. The molecule has 2 aromatic rings. The maximum Gasteiger partial charge on any atom is 0.252 e. The van der Waals surface area contributed by atoms with Crippen LogP contribution in [0.5, 0.6) is 17.2 Å². The third-order valence-corrected chi connectivity index (χ3v) is 5.07. The molecular weight excluding hydrogens is 318 g/mol. The van der Waals surface area contributed by atoms with E-state index in [2.05, 4.69) is 11.4 Å². The number of benzene rings is 2. The second-order valence-corrected chi connectivity index (χ2v) is 6.54. The third kappa shape index (κ3) is 2.90. The zero-order valence-electron chi connectivity index (χ0n) is 14.2. The molecule has 1 heterocycles. The van der Waals surface area contributed by atoms with E-state index in [0.29, 0.717) is 17.1 Å². The van der Waals surface area contributed by atoms with Crippen LogP contribution in [0.3, 0.4) is 0 Å². The molecule has 5 nitrogen and oxygen atoms in total. The van der Waals surface area contributed by atoms with Crippen LogP contribution in [0.25, 0.3) is 0 Å². The van der Waals surface area contributed by atoms with Crippen LogP contribution in [0.1, 0.15) is 41.6 Å². The standard InChI is InChI=1S/C20H21NO4/c1-23-16-6-4-5-15(12-16)20(9-2-3-10-20)21-19(22)14-7-8-17-18(11-14)25-13-24-17/h4-8,11-12H,2-3,9-10,13H2,1H3,(H,21,22). The first kappa shape index (κ1) is 15.8. The van der Waals surface area contributed by atoms with E-state index in [-0.39, 0.29) is 18.2 Å². The lowest BCUT2D eigenvalue weighted by atomic mass is 9.87. The number of amides is 1. The number of fused-ring (bicyclic) bond motifs is 1. The molecule has 0 bridgehead atoms. The van der Waals surface area contributed by atoms with E-state index in [0.717, 1.165) is 37.0 Å². The highest BCUT2D eigenvalue weighted by Crippen LogP contribution is 2.40. The molecule has 1 fully saturated rings. The predicted octanol–water partition coefficient (Wildman–Crippen LogP) is 3.62. The highest BCUT2D eigenvalue weighted by atomic mass is 16.7. The molecule has 0 spiro atoms. The molecule has 1 amide bonds. The van der Waals surface area contributed by atoms with Crippen molar-refractivity contribution in [3.05, 3.63) is 53.6 Å². The van der Waals surface area contributed by atoms with Crippen molar-refractivity contribution in [3.63, 3.8) is 0 Å². The summed E-state index contributed by atoms with van der Waals surface area (Å²) < 4.78 is 16.1. The Labute approximate surface area is 146 Å². The SMILES string of the molecule is COc1cccc(C2(NC(=O)c3ccc4c(c3)OCO4)CCCC2)c1. The van der Waals surface area contributed by atoms with Crippen LogP contribution in [0, 0.1) is 0 Å². The molecule has 0 saturated heterocycles. The Morgan fingerprint density at radius 3 is 2.68 bits per heavy atom. The number of ether oxygens (including phenoxy) is 3. The Hall–Kier alpha value is -2.69. The van der Waals surface area contributed by atoms with Gasteiger partial charge in [0.1, 0.15) is 5.75 Å². The second-order valence-electron chi connectivity index (χ2n) is 6.54. The van der Waals surface area contributed by atoms with Gasteiger partial charge in [0.15, 0.2) is 11.5 Å². The molecule has 0 radical (unpaired) electrons. The first-order chi connectivity index (χ1) is 12.2. The molecule has 0 unspecified atom stereocenters. The highest BCUT2D eigenvalue weighted by molar-refractivity contribution is 5.95. The number of rotatable bonds is 4. The maximum atomic E-state index is 12.9. The van der Waals surface area contributed by atoms with Gasteiger partial charge in [0.25, 0.3) is 5.91 Å². The summed E-state index contributed by atoms with van der Waals surface area (Å²) in [7, 11) is 1.66. The summed E-state index contributed by atoms with van der Waals surface area (Å²) in [6, 6.07) is 13.3. The van der Waals surface area contributed by atoms with Gasteiger partial charge in [0.05, 0.1) is 12.6 Å². The van der Waals surface area contributed by atoms with Gasteiger partial charge < -0.3 is 19.5 Å². The Morgan fingerprint density at radius 2 is 1.88 bits per heavy atom. The summed E-state index contributed by atoms with van der Waals surface area (Å²) in [6.07, 6.45) is 4.05. The van der Waals surface area contributed by atoms with Gasteiger partial charge >= 0.3 is 0 Å². The second kappa shape index (κ2) is 6.31.